The van der Waals surface area contributed by atoms with Crippen molar-refractivity contribution >= 4 is 21.2 Å². The Balaban J connectivity index is 2.29. The summed E-state index contributed by atoms with van der Waals surface area (Å²) in [6.45, 7) is 0. The zero-order chi connectivity index (χ0) is 15.9. The molecule has 0 aliphatic carbocycles. The molecular weight excluding hydrogens is 452 g/mol. The van der Waals surface area contributed by atoms with Crippen LogP contribution in [0.1, 0.15) is 5.56 Å². The van der Waals surface area contributed by atoms with Gasteiger partial charge in [-0.3, -0.25) is 0 Å². The summed E-state index contributed by atoms with van der Waals surface area (Å²) < 4.78 is 6.08. The SMILES string of the molecule is CO[C](=[W])/C=C(/Nc1ccc([N+](=O)[O-])cc1)c1ccccc1. The fraction of sp³-hybridized carbons (Fsp3) is 0.0625. The van der Waals surface area contributed by atoms with Crippen molar-refractivity contribution < 1.29 is 29.0 Å². The van der Waals surface area contributed by atoms with Gasteiger partial charge in [-0.2, -0.15) is 0 Å². The maximum absolute atomic E-state index is 10.7. The quantitative estimate of drug-likeness (QED) is 0.524. The number of nitro benzene ring substituents is 1. The first-order chi connectivity index (χ1) is 10.6. The number of rotatable bonds is 6. The van der Waals surface area contributed by atoms with E-state index < -0.39 is 4.92 Å². The zero-order valence-electron chi connectivity index (χ0n) is 11.9. The third-order valence-electron chi connectivity index (χ3n) is 2.91. The molecule has 2 rings (SSSR count). The van der Waals surface area contributed by atoms with Crippen LogP contribution in [0.15, 0.2) is 60.7 Å². The van der Waals surface area contributed by atoms with Crippen LogP contribution in [0.25, 0.3) is 5.70 Å². The molecule has 0 aliphatic heterocycles. The molecule has 0 radical (unpaired) electrons. The molecule has 0 fully saturated rings. The van der Waals surface area contributed by atoms with E-state index in [0.717, 1.165) is 21.0 Å². The minimum absolute atomic E-state index is 0.0693. The Bertz CT molecular complexity index is 697. The van der Waals surface area contributed by atoms with Gasteiger partial charge in [0.15, 0.2) is 0 Å². The van der Waals surface area contributed by atoms with Crippen molar-refractivity contribution in [2.75, 3.05) is 12.4 Å². The molecule has 0 amide bonds. The van der Waals surface area contributed by atoms with Crippen molar-refractivity contribution in [3.05, 3.63) is 76.4 Å². The third kappa shape index (κ3) is 4.45. The summed E-state index contributed by atoms with van der Waals surface area (Å²) >= 11 is 1.22. The van der Waals surface area contributed by atoms with Crippen LogP contribution in [0.4, 0.5) is 11.4 Å². The Morgan fingerprint density at radius 1 is 1.18 bits per heavy atom. The zero-order valence-corrected chi connectivity index (χ0v) is 14.8. The standard InChI is InChI=1S/C16H14N2O3.W/c1-21-12-11-16(13-5-3-2-4-6-13)17-14-7-9-15(10-8-14)18(19)20;/h2-11,17H,1H3;/b16-11+;. The van der Waals surface area contributed by atoms with Gasteiger partial charge < -0.3 is 0 Å². The molecule has 22 heavy (non-hydrogen) atoms. The third-order valence-corrected chi connectivity index (χ3v) is 3.93. The Kier molecular flexibility index (Phi) is 5.75. The molecule has 0 unspecified atom stereocenters. The monoisotopic (exact) mass is 466 g/mol. The van der Waals surface area contributed by atoms with E-state index in [1.807, 2.05) is 36.4 Å². The second-order valence-electron chi connectivity index (χ2n) is 4.38. The molecule has 0 spiro atoms. The summed E-state index contributed by atoms with van der Waals surface area (Å²) in [7, 11) is 1.63. The van der Waals surface area contributed by atoms with E-state index in [-0.39, 0.29) is 5.69 Å². The molecule has 6 heteroatoms. The maximum atomic E-state index is 10.7. The van der Waals surface area contributed by atoms with Crippen molar-refractivity contribution in [2.24, 2.45) is 0 Å². The molecule has 1 N–H and O–H groups in total. The predicted molar refractivity (Wildman–Crippen MR) is 83.2 cm³/mol. The molecular formula is C16H14N2O3W. The number of hydrogen-bond donors (Lipinski definition) is 1. The molecule has 0 bridgehead atoms. The van der Waals surface area contributed by atoms with Crippen molar-refractivity contribution in [3.8, 4) is 0 Å². The number of ether oxygens (including phenoxy) is 1. The van der Waals surface area contributed by atoms with Gasteiger partial charge in [-0.1, -0.05) is 0 Å². The topological polar surface area (TPSA) is 64.4 Å². The fourth-order valence-corrected chi connectivity index (χ4v) is 2.23. The molecule has 0 aliphatic rings. The van der Waals surface area contributed by atoms with E-state index in [4.69, 9.17) is 4.74 Å². The molecule has 0 heterocycles. The van der Waals surface area contributed by atoms with E-state index in [2.05, 4.69) is 5.32 Å². The summed E-state index contributed by atoms with van der Waals surface area (Å²) in [5, 5.41) is 14.0. The van der Waals surface area contributed by atoms with Gasteiger partial charge in [-0.15, -0.1) is 0 Å². The number of benzene rings is 2. The molecule has 112 valence electrons. The van der Waals surface area contributed by atoms with Gasteiger partial charge >= 0.3 is 139 Å². The number of nitrogens with zero attached hydrogens (tertiary/aromatic N) is 1. The molecule has 0 aromatic heterocycles. The Morgan fingerprint density at radius 3 is 2.36 bits per heavy atom. The van der Waals surface area contributed by atoms with Crippen molar-refractivity contribution in [1.29, 1.82) is 0 Å². The summed E-state index contributed by atoms with van der Waals surface area (Å²) in [4.78, 5) is 10.3. The van der Waals surface area contributed by atoms with Crippen LogP contribution in [-0.2, 0) is 24.1 Å². The number of anilines is 1. The molecule has 0 saturated heterocycles. The minimum atomic E-state index is -0.413. The van der Waals surface area contributed by atoms with Crippen LogP contribution in [0.5, 0.6) is 0 Å². The van der Waals surface area contributed by atoms with Gasteiger partial charge in [-0.05, 0) is 0 Å². The predicted octanol–water partition coefficient (Wildman–Crippen LogP) is 3.37. The molecule has 5 nitrogen and oxygen atoms in total. The number of nitro groups is 1. The van der Waals surface area contributed by atoms with E-state index in [9.17, 15) is 10.1 Å². The van der Waals surface area contributed by atoms with Crippen LogP contribution in [0.3, 0.4) is 0 Å². The molecule has 2 aromatic rings. The van der Waals surface area contributed by atoms with Crippen LogP contribution in [0, 0.1) is 10.1 Å². The van der Waals surface area contributed by atoms with Gasteiger partial charge in [0.2, 0.25) is 0 Å². The van der Waals surface area contributed by atoms with Gasteiger partial charge in [0.1, 0.15) is 0 Å². The molecule has 2 aromatic carbocycles. The van der Waals surface area contributed by atoms with Gasteiger partial charge in [0.25, 0.3) is 0 Å². The van der Waals surface area contributed by atoms with E-state index in [1.54, 1.807) is 19.2 Å². The Morgan fingerprint density at radius 2 is 1.82 bits per heavy atom. The van der Waals surface area contributed by atoms with Crippen LogP contribution in [0.2, 0.25) is 0 Å². The van der Waals surface area contributed by atoms with Crippen molar-refractivity contribution in [3.63, 3.8) is 0 Å². The van der Waals surface area contributed by atoms with Crippen molar-refractivity contribution in [1.82, 2.24) is 0 Å². The number of hydrogen-bond acceptors (Lipinski definition) is 4. The number of nitrogens with one attached hydrogen (secondary N) is 1. The second kappa shape index (κ2) is 7.78. The van der Waals surface area contributed by atoms with E-state index in [1.165, 1.54) is 31.5 Å². The summed E-state index contributed by atoms with van der Waals surface area (Å²) in [5.74, 6) is 0. The average Bonchev–Trinajstić information content (AvgIpc) is 2.55. The first kappa shape index (κ1) is 16.3. The second-order valence-corrected chi connectivity index (χ2v) is 5.82. The first-order valence-corrected chi connectivity index (χ1v) is 7.93. The normalized spacial score (nSPS) is 11.0. The summed E-state index contributed by atoms with van der Waals surface area (Å²) in [6.07, 6.45) is 1.92. The van der Waals surface area contributed by atoms with Gasteiger partial charge in [0.05, 0.1) is 0 Å². The van der Waals surface area contributed by atoms with Crippen LogP contribution in [-0.4, -0.2) is 16.1 Å². The first-order valence-electron chi connectivity index (χ1n) is 6.46. The summed E-state index contributed by atoms with van der Waals surface area (Å²) in [6, 6.07) is 16.2. The molecule has 0 atom stereocenters. The molecule has 0 saturated carbocycles. The number of non-ortho nitro benzene ring substituents is 1. The van der Waals surface area contributed by atoms with E-state index >= 15 is 0 Å². The van der Waals surface area contributed by atoms with Crippen LogP contribution >= 0.6 is 0 Å². The Hall–Kier alpha value is -2.10. The average molecular weight is 466 g/mol. The van der Waals surface area contributed by atoms with Crippen molar-refractivity contribution in [2.45, 2.75) is 0 Å². The van der Waals surface area contributed by atoms with Crippen LogP contribution < -0.4 is 5.32 Å². The van der Waals surface area contributed by atoms with Gasteiger partial charge in [0, 0.05) is 0 Å². The van der Waals surface area contributed by atoms with Gasteiger partial charge in [-0.25, -0.2) is 0 Å². The number of methoxy groups -OCH3 is 1. The van der Waals surface area contributed by atoms with E-state index in [0.29, 0.717) is 0 Å². The fourth-order valence-electron chi connectivity index (χ4n) is 1.81. The summed E-state index contributed by atoms with van der Waals surface area (Å²) in [5.41, 5.74) is 2.73. The Labute approximate surface area is 139 Å².